The Morgan fingerprint density at radius 2 is 2.05 bits per heavy atom. The molecule has 0 aliphatic rings. The number of nitrogens with one attached hydrogen (secondary N) is 1. The molecule has 1 aromatic rings. The summed E-state index contributed by atoms with van der Waals surface area (Å²) in [5.41, 5.74) is 6.98. The molecule has 0 radical (unpaired) electrons. The first-order valence-corrected chi connectivity index (χ1v) is 7.11. The van der Waals surface area contributed by atoms with Crippen LogP contribution in [0, 0.1) is 6.92 Å². The predicted molar refractivity (Wildman–Crippen MR) is 101 cm³/mol. The van der Waals surface area contributed by atoms with Gasteiger partial charge in [-0.15, -0.1) is 24.0 Å². The van der Waals surface area contributed by atoms with Crippen LogP contribution in [0.2, 0.25) is 0 Å². The smallest absolute Gasteiger partial charge is 0.189 e. The third kappa shape index (κ3) is 8.80. The van der Waals surface area contributed by atoms with Crippen molar-refractivity contribution in [1.29, 1.82) is 0 Å². The Morgan fingerprint density at radius 3 is 2.57 bits per heavy atom. The van der Waals surface area contributed by atoms with Gasteiger partial charge in [0.1, 0.15) is 11.9 Å². The SMILES string of the molecule is CCC(CN=C(N)NC(C)(C)C)Oc1cccc(C)c1.I. The van der Waals surface area contributed by atoms with Crippen LogP contribution in [0.3, 0.4) is 0 Å². The third-order valence-corrected chi connectivity index (χ3v) is 2.72. The van der Waals surface area contributed by atoms with Crippen molar-refractivity contribution in [2.75, 3.05) is 6.54 Å². The average molecular weight is 405 g/mol. The van der Waals surface area contributed by atoms with E-state index in [-0.39, 0.29) is 35.6 Å². The first kappa shape index (κ1) is 20.0. The summed E-state index contributed by atoms with van der Waals surface area (Å²) in [6, 6.07) is 8.05. The number of aliphatic imine (C=N–C) groups is 1. The van der Waals surface area contributed by atoms with Gasteiger partial charge < -0.3 is 15.8 Å². The molecule has 5 heteroatoms. The van der Waals surface area contributed by atoms with Gasteiger partial charge in [-0.3, -0.25) is 0 Å². The molecule has 1 aromatic carbocycles. The van der Waals surface area contributed by atoms with Gasteiger partial charge in [-0.05, 0) is 51.8 Å². The molecule has 1 atom stereocenters. The molecule has 4 nitrogen and oxygen atoms in total. The highest BCUT2D eigenvalue weighted by Crippen LogP contribution is 2.15. The zero-order valence-corrected chi connectivity index (χ0v) is 16.0. The van der Waals surface area contributed by atoms with Gasteiger partial charge in [-0.2, -0.15) is 0 Å². The van der Waals surface area contributed by atoms with E-state index in [1.54, 1.807) is 0 Å². The van der Waals surface area contributed by atoms with E-state index in [0.717, 1.165) is 12.2 Å². The predicted octanol–water partition coefficient (Wildman–Crippen LogP) is 3.47. The molecule has 21 heavy (non-hydrogen) atoms. The second kappa shape index (κ2) is 9.12. The number of nitrogens with zero attached hydrogens (tertiary/aromatic N) is 1. The fraction of sp³-hybridized carbons (Fsp3) is 0.562. The highest BCUT2D eigenvalue weighted by molar-refractivity contribution is 14.0. The highest BCUT2D eigenvalue weighted by Gasteiger charge is 2.11. The lowest BCUT2D eigenvalue weighted by atomic mass is 10.1. The number of hydrogen-bond acceptors (Lipinski definition) is 2. The molecule has 0 fully saturated rings. The number of aryl methyl sites for hydroxylation is 1. The quantitative estimate of drug-likeness (QED) is 0.448. The molecule has 1 unspecified atom stereocenters. The largest absolute Gasteiger partial charge is 0.489 e. The van der Waals surface area contributed by atoms with Crippen molar-refractivity contribution < 1.29 is 4.74 Å². The molecule has 0 spiro atoms. The number of hydrogen-bond donors (Lipinski definition) is 2. The lowest BCUT2D eigenvalue weighted by Crippen LogP contribution is -2.45. The monoisotopic (exact) mass is 405 g/mol. The first-order valence-electron chi connectivity index (χ1n) is 7.11. The van der Waals surface area contributed by atoms with Crippen molar-refractivity contribution in [2.45, 2.75) is 52.7 Å². The van der Waals surface area contributed by atoms with Crippen molar-refractivity contribution in [1.82, 2.24) is 5.32 Å². The topological polar surface area (TPSA) is 59.6 Å². The first-order chi connectivity index (χ1) is 9.30. The number of rotatable bonds is 5. The summed E-state index contributed by atoms with van der Waals surface area (Å²) in [5, 5.41) is 3.14. The number of ether oxygens (including phenoxy) is 1. The second-order valence-electron chi connectivity index (χ2n) is 6.07. The van der Waals surface area contributed by atoms with Crippen molar-refractivity contribution in [3.63, 3.8) is 0 Å². The van der Waals surface area contributed by atoms with Crippen LogP contribution >= 0.6 is 24.0 Å². The summed E-state index contributed by atoms with van der Waals surface area (Å²) in [6.45, 7) is 10.8. The lowest BCUT2D eigenvalue weighted by Gasteiger charge is -2.22. The van der Waals surface area contributed by atoms with Gasteiger partial charge in [-0.25, -0.2) is 4.99 Å². The van der Waals surface area contributed by atoms with Gasteiger partial charge in [-0.1, -0.05) is 19.1 Å². The molecule has 0 amide bonds. The summed E-state index contributed by atoms with van der Waals surface area (Å²) in [7, 11) is 0. The minimum Gasteiger partial charge on any atom is -0.489 e. The van der Waals surface area contributed by atoms with Crippen LogP contribution in [0.4, 0.5) is 0 Å². The standard InChI is InChI=1S/C16H27N3O.HI/c1-6-13(11-18-15(17)19-16(3,4)5)20-14-9-7-8-12(2)10-14;/h7-10,13H,6,11H2,1-5H3,(H3,17,18,19);1H. The Balaban J connectivity index is 0.00000400. The van der Waals surface area contributed by atoms with E-state index in [1.807, 2.05) is 18.2 Å². The Labute approximate surface area is 145 Å². The van der Waals surface area contributed by atoms with Crippen molar-refractivity contribution >= 4 is 29.9 Å². The minimum absolute atomic E-state index is 0. The van der Waals surface area contributed by atoms with Gasteiger partial charge in [0.15, 0.2) is 5.96 Å². The molecule has 0 heterocycles. The molecule has 0 saturated carbocycles. The Kier molecular flexibility index (Phi) is 8.70. The summed E-state index contributed by atoms with van der Waals surface area (Å²) in [6.07, 6.45) is 0.928. The molecule has 0 aliphatic heterocycles. The fourth-order valence-electron chi connectivity index (χ4n) is 1.75. The van der Waals surface area contributed by atoms with Crippen molar-refractivity contribution in [3.8, 4) is 5.75 Å². The van der Waals surface area contributed by atoms with E-state index < -0.39 is 0 Å². The van der Waals surface area contributed by atoms with Crippen LogP contribution in [0.5, 0.6) is 5.75 Å². The number of nitrogens with two attached hydrogens (primary N) is 1. The van der Waals surface area contributed by atoms with Gasteiger partial charge in [0, 0.05) is 5.54 Å². The maximum atomic E-state index is 5.93. The zero-order valence-electron chi connectivity index (χ0n) is 13.6. The average Bonchev–Trinajstić information content (AvgIpc) is 2.32. The van der Waals surface area contributed by atoms with E-state index >= 15 is 0 Å². The normalized spacial score (nSPS) is 13.3. The second-order valence-corrected chi connectivity index (χ2v) is 6.07. The fourth-order valence-corrected chi connectivity index (χ4v) is 1.75. The van der Waals surface area contributed by atoms with E-state index in [1.165, 1.54) is 5.56 Å². The van der Waals surface area contributed by atoms with Gasteiger partial charge >= 0.3 is 0 Å². The maximum Gasteiger partial charge on any atom is 0.189 e. The summed E-state index contributed by atoms with van der Waals surface area (Å²) in [5.74, 6) is 1.35. The van der Waals surface area contributed by atoms with Crippen LogP contribution in [0.25, 0.3) is 0 Å². The van der Waals surface area contributed by atoms with Crippen LogP contribution in [-0.2, 0) is 0 Å². The van der Waals surface area contributed by atoms with Crippen molar-refractivity contribution in [2.24, 2.45) is 10.7 Å². The van der Waals surface area contributed by atoms with E-state index in [2.05, 4.69) is 51.0 Å². The van der Waals surface area contributed by atoms with Gasteiger partial charge in [0.25, 0.3) is 0 Å². The Bertz CT molecular complexity index is 455. The molecule has 3 N–H and O–H groups in total. The molecular formula is C16H28IN3O. The molecule has 0 aliphatic carbocycles. The summed E-state index contributed by atoms with van der Waals surface area (Å²) < 4.78 is 5.93. The Hall–Kier alpha value is -0.980. The van der Waals surface area contributed by atoms with Crippen LogP contribution in [0.1, 0.15) is 39.7 Å². The van der Waals surface area contributed by atoms with Crippen LogP contribution in [0.15, 0.2) is 29.3 Å². The maximum absolute atomic E-state index is 5.93. The number of benzene rings is 1. The van der Waals surface area contributed by atoms with Gasteiger partial charge in [0.2, 0.25) is 0 Å². The summed E-state index contributed by atoms with van der Waals surface area (Å²) in [4.78, 5) is 4.36. The third-order valence-electron chi connectivity index (χ3n) is 2.72. The van der Waals surface area contributed by atoms with Crippen LogP contribution in [-0.4, -0.2) is 24.1 Å². The molecule has 0 bridgehead atoms. The van der Waals surface area contributed by atoms with Crippen molar-refractivity contribution in [3.05, 3.63) is 29.8 Å². The highest BCUT2D eigenvalue weighted by atomic mass is 127. The molecule has 120 valence electrons. The number of guanidine groups is 1. The minimum atomic E-state index is -0.0767. The van der Waals surface area contributed by atoms with E-state index in [9.17, 15) is 0 Å². The zero-order chi connectivity index (χ0) is 15.2. The van der Waals surface area contributed by atoms with E-state index in [0.29, 0.717) is 12.5 Å². The van der Waals surface area contributed by atoms with E-state index in [4.69, 9.17) is 10.5 Å². The molecule has 1 rings (SSSR count). The lowest BCUT2D eigenvalue weighted by molar-refractivity contribution is 0.205. The molecular weight excluding hydrogens is 377 g/mol. The van der Waals surface area contributed by atoms with Crippen LogP contribution < -0.4 is 15.8 Å². The summed E-state index contributed by atoms with van der Waals surface area (Å²) >= 11 is 0. The molecule has 0 saturated heterocycles. The number of halogens is 1. The Morgan fingerprint density at radius 1 is 1.38 bits per heavy atom. The molecule has 0 aromatic heterocycles. The van der Waals surface area contributed by atoms with Gasteiger partial charge in [0.05, 0.1) is 6.54 Å².